The van der Waals surface area contributed by atoms with Gasteiger partial charge in [0.05, 0.1) is 0 Å². The largest absolute Gasteiger partial charge is 0.385 e. The molecule has 0 aliphatic carbocycles. The zero-order valence-electron chi connectivity index (χ0n) is 15.2. The van der Waals surface area contributed by atoms with Gasteiger partial charge in [-0.3, -0.25) is 0 Å². The topological polar surface area (TPSA) is 41.3 Å². The van der Waals surface area contributed by atoms with Crippen molar-refractivity contribution in [2.75, 3.05) is 36.4 Å². The van der Waals surface area contributed by atoms with Crippen molar-refractivity contribution < 1.29 is 0 Å². The summed E-state index contributed by atoms with van der Waals surface area (Å²) in [5.74, 6) is 0. The molecule has 0 amide bonds. The van der Waals surface area contributed by atoms with Gasteiger partial charge in [0.15, 0.2) is 0 Å². The average Bonchev–Trinajstić information content (AvgIpc) is 2.69. The first-order chi connectivity index (χ1) is 12.4. The van der Waals surface area contributed by atoms with Crippen LogP contribution in [0, 0.1) is 0 Å². The van der Waals surface area contributed by atoms with Crippen LogP contribution in [0.15, 0.2) is 48.5 Å². The molecule has 2 aromatic carbocycles. The number of anilines is 2. The molecule has 0 bridgehead atoms. The molecule has 0 saturated carbocycles. The van der Waals surface area contributed by atoms with E-state index in [1.54, 1.807) is 0 Å². The van der Waals surface area contributed by atoms with Crippen molar-refractivity contribution in [1.82, 2.24) is 0 Å². The zero-order valence-corrected chi connectivity index (χ0v) is 15.2. The van der Waals surface area contributed by atoms with Crippen LogP contribution in [0.4, 0.5) is 11.4 Å². The van der Waals surface area contributed by atoms with Crippen molar-refractivity contribution in [2.45, 2.75) is 38.5 Å². The third-order valence-corrected chi connectivity index (χ3v) is 5.02. The predicted octanol–water partition coefficient (Wildman–Crippen LogP) is 4.88. The van der Waals surface area contributed by atoms with Crippen molar-refractivity contribution in [3.05, 3.63) is 48.5 Å². The lowest BCUT2D eigenvalue weighted by Gasteiger charge is -2.28. The number of hydrogen-bond donors (Lipinski definition) is 2. The van der Waals surface area contributed by atoms with Crippen molar-refractivity contribution in [3.8, 4) is 11.1 Å². The summed E-state index contributed by atoms with van der Waals surface area (Å²) in [4.78, 5) is 2.50. The lowest BCUT2D eigenvalue weighted by molar-refractivity contribution is 0.578. The van der Waals surface area contributed by atoms with E-state index in [9.17, 15) is 0 Å². The SMILES string of the molecule is NCCCCCNc1ccc(-c2ccc(N3CCCCC3)cc2)cc1. The van der Waals surface area contributed by atoms with Gasteiger partial charge >= 0.3 is 0 Å². The van der Waals surface area contributed by atoms with Gasteiger partial charge in [-0.15, -0.1) is 0 Å². The fourth-order valence-electron chi connectivity index (χ4n) is 3.48. The zero-order chi connectivity index (χ0) is 17.3. The summed E-state index contributed by atoms with van der Waals surface area (Å²) in [5, 5.41) is 3.49. The minimum Gasteiger partial charge on any atom is -0.385 e. The number of benzene rings is 2. The molecule has 3 N–H and O–H groups in total. The summed E-state index contributed by atoms with van der Waals surface area (Å²) in [7, 11) is 0. The minimum atomic E-state index is 0.797. The number of unbranched alkanes of at least 4 members (excludes halogenated alkanes) is 2. The first kappa shape index (κ1) is 17.8. The fourth-order valence-corrected chi connectivity index (χ4v) is 3.48. The lowest BCUT2D eigenvalue weighted by atomic mass is 10.0. The standard InChI is InChI=1S/C22H31N3/c23-15-3-1-4-16-24-21-11-7-19(8-12-21)20-9-13-22(14-10-20)25-17-5-2-6-18-25/h7-14,24H,1-6,15-18,23H2. The van der Waals surface area contributed by atoms with Gasteiger partial charge in [0, 0.05) is 31.0 Å². The Labute approximate surface area is 152 Å². The number of nitrogens with zero attached hydrogens (tertiary/aromatic N) is 1. The van der Waals surface area contributed by atoms with Crippen LogP contribution < -0.4 is 16.0 Å². The molecule has 3 rings (SSSR count). The molecule has 1 saturated heterocycles. The third-order valence-electron chi connectivity index (χ3n) is 5.02. The summed E-state index contributed by atoms with van der Waals surface area (Å²) in [5.41, 5.74) is 10.6. The molecule has 3 nitrogen and oxygen atoms in total. The van der Waals surface area contributed by atoms with Crippen molar-refractivity contribution in [2.24, 2.45) is 5.73 Å². The Hall–Kier alpha value is -2.00. The first-order valence-electron chi connectivity index (χ1n) is 9.76. The van der Waals surface area contributed by atoms with Crippen LogP contribution in [0.5, 0.6) is 0 Å². The van der Waals surface area contributed by atoms with Gasteiger partial charge in [-0.25, -0.2) is 0 Å². The molecule has 3 heteroatoms. The molecule has 1 aliphatic rings. The number of nitrogens with two attached hydrogens (primary N) is 1. The summed E-state index contributed by atoms with van der Waals surface area (Å²) in [6.45, 7) is 4.21. The van der Waals surface area contributed by atoms with Gasteiger partial charge in [0.25, 0.3) is 0 Å². The second kappa shape index (κ2) is 9.47. The molecule has 25 heavy (non-hydrogen) atoms. The summed E-state index contributed by atoms with van der Waals surface area (Å²) >= 11 is 0. The van der Waals surface area contributed by atoms with Gasteiger partial charge < -0.3 is 16.0 Å². The molecule has 0 unspecified atom stereocenters. The van der Waals surface area contributed by atoms with E-state index in [-0.39, 0.29) is 0 Å². The maximum absolute atomic E-state index is 5.52. The summed E-state index contributed by atoms with van der Waals surface area (Å²) < 4.78 is 0. The molecule has 0 atom stereocenters. The fraction of sp³-hybridized carbons (Fsp3) is 0.455. The Morgan fingerprint density at radius 1 is 0.760 bits per heavy atom. The molecule has 2 aromatic rings. The lowest BCUT2D eigenvalue weighted by Crippen LogP contribution is -2.29. The molecule has 0 radical (unpaired) electrons. The number of hydrogen-bond acceptors (Lipinski definition) is 3. The van der Waals surface area contributed by atoms with Crippen LogP contribution in [0.2, 0.25) is 0 Å². The molecule has 0 aromatic heterocycles. The average molecular weight is 338 g/mol. The van der Waals surface area contributed by atoms with Crippen molar-refractivity contribution in [3.63, 3.8) is 0 Å². The highest BCUT2D eigenvalue weighted by Crippen LogP contribution is 2.26. The molecular formula is C22H31N3. The Balaban J connectivity index is 1.54. The van der Waals surface area contributed by atoms with Crippen LogP contribution in [-0.4, -0.2) is 26.2 Å². The van der Waals surface area contributed by atoms with E-state index >= 15 is 0 Å². The van der Waals surface area contributed by atoms with E-state index < -0.39 is 0 Å². The minimum absolute atomic E-state index is 0.797. The third kappa shape index (κ3) is 5.23. The Morgan fingerprint density at radius 2 is 1.40 bits per heavy atom. The monoisotopic (exact) mass is 337 g/mol. The smallest absolute Gasteiger partial charge is 0.0366 e. The van der Waals surface area contributed by atoms with Gasteiger partial charge in [0.2, 0.25) is 0 Å². The van der Waals surface area contributed by atoms with E-state index in [0.29, 0.717) is 0 Å². The normalized spacial score (nSPS) is 14.5. The highest BCUT2D eigenvalue weighted by atomic mass is 15.1. The Bertz CT molecular complexity index is 613. The quantitative estimate of drug-likeness (QED) is 0.674. The first-order valence-corrected chi connectivity index (χ1v) is 9.76. The van der Waals surface area contributed by atoms with Gasteiger partial charge in [-0.1, -0.05) is 30.7 Å². The van der Waals surface area contributed by atoms with Crippen LogP contribution >= 0.6 is 0 Å². The van der Waals surface area contributed by atoms with Crippen LogP contribution in [0.3, 0.4) is 0 Å². The van der Waals surface area contributed by atoms with Gasteiger partial charge in [0.1, 0.15) is 0 Å². The molecule has 134 valence electrons. The number of piperidine rings is 1. The maximum atomic E-state index is 5.52. The maximum Gasteiger partial charge on any atom is 0.0366 e. The van der Waals surface area contributed by atoms with E-state index in [0.717, 1.165) is 19.5 Å². The van der Waals surface area contributed by atoms with Gasteiger partial charge in [-0.05, 0) is 74.0 Å². The molecular weight excluding hydrogens is 306 g/mol. The second-order valence-corrected chi connectivity index (χ2v) is 6.95. The van der Waals surface area contributed by atoms with E-state index in [2.05, 4.69) is 58.7 Å². The summed E-state index contributed by atoms with van der Waals surface area (Å²) in [6.07, 6.45) is 7.52. The van der Waals surface area contributed by atoms with E-state index in [1.165, 1.54) is 67.7 Å². The van der Waals surface area contributed by atoms with Crippen molar-refractivity contribution >= 4 is 11.4 Å². The van der Waals surface area contributed by atoms with Crippen LogP contribution in [0.25, 0.3) is 11.1 Å². The molecule has 1 aliphatic heterocycles. The highest BCUT2D eigenvalue weighted by Gasteiger charge is 2.10. The van der Waals surface area contributed by atoms with Crippen LogP contribution in [-0.2, 0) is 0 Å². The van der Waals surface area contributed by atoms with Crippen LogP contribution in [0.1, 0.15) is 38.5 Å². The van der Waals surface area contributed by atoms with E-state index in [4.69, 9.17) is 5.73 Å². The molecule has 0 spiro atoms. The number of nitrogens with one attached hydrogen (secondary N) is 1. The summed E-state index contributed by atoms with van der Waals surface area (Å²) in [6, 6.07) is 17.8. The van der Waals surface area contributed by atoms with Gasteiger partial charge in [-0.2, -0.15) is 0 Å². The number of rotatable bonds is 8. The van der Waals surface area contributed by atoms with E-state index in [1.807, 2.05) is 0 Å². The predicted molar refractivity (Wildman–Crippen MR) is 109 cm³/mol. The van der Waals surface area contributed by atoms with Crippen molar-refractivity contribution in [1.29, 1.82) is 0 Å². The Kier molecular flexibility index (Phi) is 6.75. The molecule has 1 heterocycles. The molecule has 1 fully saturated rings. The second-order valence-electron chi connectivity index (χ2n) is 6.95. The highest BCUT2D eigenvalue weighted by molar-refractivity contribution is 5.68. The Morgan fingerprint density at radius 3 is 2.04 bits per heavy atom.